The Morgan fingerprint density at radius 3 is 0.937 bits per heavy atom. The Labute approximate surface area is 498 Å². The fourth-order valence-corrected chi connectivity index (χ4v) is 7.51. The van der Waals surface area contributed by atoms with Gasteiger partial charge in [-0.1, -0.05) is 83.7 Å². The van der Waals surface area contributed by atoms with Crippen LogP contribution in [-0.4, -0.2) is 30.0 Å². The number of nitrogen functional groups attached to an aromatic ring is 2. The van der Waals surface area contributed by atoms with Gasteiger partial charge < -0.3 is 45.2 Å². The third-order valence-corrected chi connectivity index (χ3v) is 11.8. The SMILES string of the molecule is C.CC(C)(c1ccc(OC(=O)Cl)cc1)c1ccc(OC(=O)Cl)cc1.CNc1ccc(Oc2ccc(NC(=O)Oc3ccc(C(C)(C)c4ccc(OC(C)=O)cc4)cc3)cc2)cc1.Nc1ccc(Oc2ccc(N)cc2)cc1.P.[U]. The molecule has 410 valence electrons. The maximum absolute atomic E-state index is 12.4. The number of carbonyl (C=O) groups is 4. The van der Waals surface area contributed by atoms with Crippen molar-refractivity contribution in [1.29, 1.82) is 0 Å². The number of esters is 1. The molecule has 1 atom stereocenters. The minimum absolute atomic E-state index is 0. The second-order valence-corrected chi connectivity index (χ2v) is 18.4. The molecule has 0 aromatic heterocycles. The molecule has 0 aliphatic heterocycles. The number of rotatable bonds is 14. The molecule has 0 fully saturated rings. The molecule has 1 amide bonds. The van der Waals surface area contributed by atoms with Crippen LogP contribution in [0.15, 0.2) is 194 Å². The summed E-state index contributed by atoms with van der Waals surface area (Å²) < 4.78 is 31.6. The summed E-state index contributed by atoms with van der Waals surface area (Å²) in [5.74, 6) is 4.24. The molecular formula is C61H63Cl2N4O10PU. The zero-order valence-electron chi connectivity index (χ0n) is 43.7. The van der Waals surface area contributed by atoms with Crippen molar-refractivity contribution in [2.75, 3.05) is 29.1 Å². The Balaban J connectivity index is 0.000000340. The van der Waals surface area contributed by atoms with Crippen molar-refractivity contribution in [1.82, 2.24) is 0 Å². The van der Waals surface area contributed by atoms with Crippen LogP contribution in [0.4, 0.5) is 37.1 Å². The van der Waals surface area contributed by atoms with Crippen molar-refractivity contribution in [3.8, 4) is 46.0 Å². The zero-order chi connectivity index (χ0) is 54.8. The average molecular weight is 1350 g/mol. The van der Waals surface area contributed by atoms with Crippen molar-refractivity contribution in [3.63, 3.8) is 0 Å². The molecule has 0 saturated carbocycles. The Kier molecular flexibility index (Phi) is 26.0. The molecule has 14 nitrogen and oxygen atoms in total. The third kappa shape index (κ3) is 20.7. The third-order valence-electron chi connectivity index (χ3n) is 11.6. The van der Waals surface area contributed by atoms with Crippen LogP contribution in [0.3, 0.4) is 0 Å². The van der Waals surface area contributed by atoms with Crippen LogP contribution in [0.5, 0.6) is 46.0 Å². The Hall–Kier alpha value is -7.50. The van der Waals surface area contributed by atoms with Gasteiger partial charge in [0.15, 0.2) is 0 Å². The maximum Gasteiger partial charge on any atom is 0.417 e. The van der Waals surface area contributed by atoms with E-state index in [1.165, 1.54) is 6.92 Å². The van der Waals surface area contributed by atoms with Gasteiger partial charge in [0.2, 0.25) is 0 Å². The Morgan fingerprint density at radius 1 is 0.405 bits per heavy atom. The van der Waals surface area contributed by atoms with E-state index in [0.717, 1.165) is 56.6 Å². The molecule has 0 heterocycles. The first kappa shape index (κ1) is 65.8. The van der Waals surface area contributed by atoms with Gasteiger partial charge in [0.25, 0.3) is 0 Å². The molecule has 18 heteroatoms. The minimum Gasteiger partial charge on any atom is -0.457 e. The standard InChI is InChI=1S/C31H30N2O5.C17H14Cl2O4.C12H12N2O.CH4.H3P.U/c1-21(34)36-26-13-5-22(6-14-26)31(2,3)23-7-15-29(16-8-23)38-30(35)33-25-11-19-28(20-12-25)37-27-17-9-24(32-4)10-18-27;1-17(2,11-3-7-13(8-4-11)22-15(18)20)12-5-9-14(10-6-12)23-16(19)21;13-9-1-5-11(6-2-9)15-12-7-3-10(14)4-8-12;;;/h5-20,32H,1-4H3,(H,33,35);3-10H,1-2H3;1-8H,13-14H2;1H4;1H3;. The second kappa shape index (κ2) is 31.2. The van der Waals surface area contributed by atoms with Crippen LogP contribution in [0.25, 0.3) is 0 Å². The number of nitrogens with two attached hydrogens (primary N) is 2. The molecule has 0 aliphatic rings. The van der Waals surface area contributed by atoms with Crippen LogP contribution in [0, 0.1) is 31.1 Å². The first-order chi connectivity index (χ1) is 36.2. The molecule has 1 unspecified atom stereocenters. The number of anilines is 4. The molecule has 79 heavy (non-hydrogen) atoms. The second-order valence-electron chi connectivity index (χ2n) is 17.8. The van der Waals surface area contributed by atoms with Crippen molar-refractivity contribution < 1.29 is 78.7 Å². The summed E-state index contributed by atoms with van der Waals surface area (Å²) in [5, 5.41) is 5.79. The predicted molar refractivity (Wildman–Crippen MR) is 317 cm³/mol. The van der Waals surface area contributed by atoms with E-state index in [1.54, 1.807) is 97.1 Å². The number of carbonyl (C=O) groups excluding carboxylic acids is 4. The first-order valence-electron chi connectivity index (χ1n) is 23.5. The molecule has 8 rings (SSSR count). The van der Waals surface area contributed by atoms with Crippen molar-refractivity contribution >= 4 is 78.8 Å². The first-order valence-corrected chi connectivity index (χ1v) is 24.3. The van der Waals surface area contributed by atoms with Crippen LogP contribution >= 0.6 is 33.1 Å². The number of hydrogen-bond acceptors (Lipinski definition) is 13. The Morgan fingerprint density at radius 2 is 0.658 bits per heavy atom. The number of hydrogen-bond donors (Lipinski definition) is 4. The summed E-state index contributed by atoms with van der Waals surface area (Å²) in [5.41, 5.74) is 16.0. The van der Waals surface area contributed by atoms with Gasteiger partial charge in [-0.05, 0) is 168 Å². The zero-order valence-corrected chi connectivity index (χ0v) is 50.8. The summed E-state index contributed by atoms with van der Waals surface area (Å²) in [6, 6.07) is 58.1. The number of ether oxygens (including phenoxy) is 6. The van der Waals surface area contributed by atoms with Crippen LogP contribution in [0.2, 0.25) is 0 Å². The van der Waals surface area contributed by atoms with E-state index < -0.39 is 17.0 Å². The summed E-state index contributed by atoms with van der Waals surface area (Å²) in [4.78, 5) is 45.0. The molecule has 0 spiro atoms. The summed E-state index contributed by atoms with van der Waals surface area (Å²) >= 11 is 10.4. The van der Waals surface area contributed by atoms with Gasteiger partial charge in [0.05, 0.1) is 0 Å². The molecule has 0 aliphatic carbocycles. The van der Waals surface area contributed by atoms with Crippen LogP contribution in [0.1, 0.15) is 64.3 Å². The largest absolute Gasteiger partial charge is 0.457 e. The molecule has 0 saturated heterocycles. The summed E-state index contributed by atoms with van der Waals surface area (Å²) in [6.45, 7) is 9.68. The summed E-state index contributed by atoms with van der Waals surface area (Å²) in [6.07, 6.45) is -0.589. The van der Waals surface area contributed by atoms with E-state index in [0.29, 0.717) is 34.4 Å². The maximum atomic E-state index is 12.4. The van der Waals surface area contributed by atoms with Crippen LogP contribution < -0.4 is 50.5 Å². The van der Waals surface area contributed by atoms with E-state index >= 15 is 0 Å². The molecule has 6 N–H and O–H groups in total. The van der Waals surface area contributed by atoms with Gasteiger partial charge in [-0.15, -0.1) is 0 Å². The van der Waals surface area contributed by atoms with Gasteiger partial charge in [-0.2, -0.15) is 9.90 Å². The molecular weight excluding hydrogens is 1290 g/mol. The number of halogens is 2. The Bertz CT molecular complexity index is 3080. The van der Waals surface area contributed by atoms with Gasteiger partial charge in [0.1, 0.15) is 46.0 Å². The molecule has 0 radical (unpaired) electrons. The van der Waals surface area contributed by atoms with E-state index in [4.69, 9.17) is 63.1 Å². The van der Waals surface area contributed by atoms with Gasteiger partial charge in [0, 0.05) is 102 Å². The van der Waals surface area contributed by atoms with Crippen molar-refractivity contribution in [2.24, 2.45) is 0 Å². The van der Waals surface area contributed by atoms with Crippen LogP contribution in [-0.2, 0) is 15.6 Å². The van der Waals surface area contributed by atoms with Gasteiger partial charge >= 0.3 is 22.9 Å². The smallest absolute Gasteiger partial charge is 0.417 e. The van der Waals surface area contributed by atoms with Crippen molar-refractivity contribution in [3.05, 3.63) is 216 Å². The molecule has 8 aromatic carbocycles. The molecule has 8 aromatic rings. The molecule has 0 bridgehead atoms. The fraction of sp³-hybridized carbons (Fsp3) is 0.148. The minimum atomic E-state index is -0.874. The van der Waals surface area contributed by atoms with Gasteiger partial charge in [-0.3, -0.25) is 10.1 Å². The quantitative estimate of drug-likeness (QED) is 0.0264. The normalized spacial score (nSPS) is 10.3. The van der Waals surface area contributed by atoms with E-state index in [9.17, 15) is 19.2 Å². The summed E-state index contributed by atoms with van der Waals surface area (Å²) in [7, 11) is 1.86. The van der Waals surface area contributed by atoms with E-state index in [1.807, 2.05) is 104 Å². The monoisotopic (exact) mass is 1350 g/mol. The average Bonchev–Trinajstić information content (AvgIpc) is 3.42. The fourth-order valence-electron chi connectivity index (χ4n) is 7.33. The number of nitrogens with one attached hydrogen (secondary N) is 2. The number of amides is 1. The number of benzene rings is 8. The van der Waals surface area contributed by atoms with Crippen molar-refractivity contribution in [2.45, 2.75) is 52.9 Å². The predicted octanol–water partition coefficient (Wildman–Crippen LogP) is 16.2. The van der Waals surface area contributed by atoms with E-state index in [2.05, 4.69) is 38.3 Å². The van der Waals surface area contributed by atoms with E-state index in [-0.39, 0.29) is 65.2 Å². The topological polar surface area (TPSA) is 200 Å². The van der Waals surface area contributed by atoms with Gasteiger partial charge in [-0.25, -0.2) is 14.4 Å².